The Morgan fingerprint density at radius 1 is 0.978 bits per heavy atom. The molecule has 45 heavy (non-hydrogen) atoms. The number of alkyl halides is 3. The van der Waals surface area contributed by atoms with Gasteiger partial charge in [0.15, 0.2) is 17.0 Å². The highest BCUT2D eigenvalue weighted by molar-refractivity contribution is 5.91. The number of aromatic carboxylic acids is 1. The normalized spacial score (nSPS) is 23.6. The molecule has 2 atom stereocenters. The van der Waals surface area contributed by atoms with E-state index in [4.69, 9.17) is 0 Å². The van der Waals surface area contributed by atoms with Gasteiger partial charge in [0, 0.05) is 44.7 Å². The topological polar surface area (TPSA) is 138 Å². The summed E-state index contributed by atoms with van der Waals surface area (Å²) < 4.78 is 40.9. The molecule has 1 N–H and O–H groups in total. The number of aromatic nitrogens is 7. The van der Waals surface area contributed by atoms with Crippen LogP contribution in [0.25, 0.3) is 5.65 Å². The highest BCUT2D eigenvalue weighted by atomic mass is 19.4. The van der Waals surface area contributed by atoms with Gasteiger partial charge < -0.3 is 19.8 Å². The zero-order chi connectivity index (χ0) is 31.7. The summed E-state index contributed by atoms with van der Waals surface area (Å²) in [6.07, 6.45) is 0.198. The summed E-state index contributed by atoms with van der Waals surface area (Å²) in [5.74, 6) is -0.598. The minimum Gasteiger partial charge on any atom is -0.477 e. The molecule has 13 nitrogen and oxygen atoms in total. The van der Waals surface area contributed by atoms with Crippen molar-refractivity contribution in [2.45, 2.75) is 44.8 Å². The molecule has 4 aromatic rings. The van der Waals surface area contributed by atoms with Gasteiger partial charge in [0.2, 0.25) is 5.82 Å². The molecule has 7 rings (SSSR count). The van der Waals surface area contributed by atoms with Crippen molar-refractivity contribution in [3.05, 3.63) is 59.4 Å². The predicted molar refractivity (Wildman–Crippen MR) is 154 cm³/mol. The number of halogens is 3. The maximum Gasteiger partial charge on any atom is 0.436 e. The molecule has 7 heterocycles. The van der Waals surface area contributed by atoms with E-state index in [1.54, 1.807) is 27.7 Å². The van der Waals surface area contributed by atoms with Gasteiger partial charge in [-0.05, 0) is 56.9 Å². The number of likely N-dealkylation sites (tertiary alicyclic amines) is 1. The molecule has 0 bridgehead atoms. The summed E-state index contributed by atoms with van der Waals surface area (Å²) >= 11 is 0. The molecule has 0 saturated carbocycles. The molecule has 4 aromatic heterocycles. The van der Waals surface area contributed by atoms with Crippen molar-refractivity contribution in [3.63, 3.8) is 0 Å². The molecule has 0 aliphatic carbocycles. The molecule has 3 fully saturated rings. The van der Waals surface area contributed by atoms with Gasteiger partial charge in [-0.1, -0.05) is 6.07 Å². The van der Waals surface area contributed by atoms with Crippen LogP contribution >= 0.6 is 0 Å². The Morgan fingerprint density at radius 3 is 2.51 bits per heavy atom. The number of hydrogen-bond acceptors (Lipinski definition) is 9. The summed E-state index contributed by atoms with van der Waals surface area (Å²) in [5, 5.41) is 21.5. The molecule has 0 radical (unpaired) electrons. The first kappa shape index (κ1) is 29.0. The fourth-order valence-corrected chi connectivity index (χ4v) is 6.81. The number of pyridine rings is 2. The van der Waals surface area contributed by atoms with Crippen molar-refractivity contribution in [1.29, 1.82) is 0 Å². The van der Waals surface area contributed by atoms with Gasteiger partial charge in [0.1, 0.15) is 5.82 Å². The number of carbonyl (C=O) groups excluding carboxylic acids is 1. The predicted octanol–water partition coefficient (Wildman–Crippen LogP) is 3.11. The average molecular weight is 625 g/mol. The van der Waals surface area contributed by atoms with E-state index in [1.807, 2.05) is 24.8 Å². The van der Waals surface area contributed by atoms with Crippen LogP contribution in [0.2, 0.25) is 0 Å². The third-order valence-electron chi connectivity index (χ3n) is 9.32. The number of carboxylic acids is 1. The maximum atomic E-state index is 13.6. The van der Waals surface area contributed by atoms with Crippen molar-refractivity contribution in [2.24, 2.45) is 5.41 Å². The first-order valence-corrected chi connectivity index (χ1v) is 14.7. The second-order valence-corrected chi connectivity index (χ2v) is 12.6. The van der Waals surface area contributed by atoms with Crippen molar-refractivity contribution < 1.29 is 27.9 Å². The monoisotopic (exact) mass is 624 g/mol. The number of carbonyl (C=O) groups is 2. The minimum absolute atomic E-state index is 0.00115. The smallest absolute Gasteiger partial charge is 0.436 e. The lowest BCUT2D eigenvalue weighted by Gasteiger charge is -2.25. The molecule has 1 spiro atoms. The summed E-state index contributed by atoms with van der Waals surface area (Å²) in [7, 11) is 0. The number of nitrogens with zero attached hydrogens (tertiary/aromatic N) is 10. The third-order valence-corrected chi connectivity index (χ3v) is 9.32. The Kier molecular flexibility index (Phi) is 6.53. The molecule has 16 heteroatoms. The van der Waals surface area contributed by atoms with Crippen LogP contribution in [0.3, 0.4) is 0 Å². The third kappa shape index (κ3) is 5.11. The molecule has 3 saturated heterocycles. The van der Waals surface area contributed by atoms with Crippen molar-refractivity contribution in [3.8, 4) is 0 Å². The van der Waals surface area contributed by atoms with Gasteiger partial charge in [0.05, 0.1) is 23.6 Å². The quantitative estimate of drug-likeness (QED) is 0.353. The summed E-state index contributed by atoms with van der Waals surface area (Å²) in [6.45, 7) is 7.20. The Balaban J connectivity index is 1.05. The van der Waals surface area contributed by atoms with E-state index in [1.165, 1.54) is 6.07 Å². The van der Waals surface area contributed by atoms with Crippen LogP contribution in [-0.2, 0) is 11.7 Å². The minimum atomic E-state index is -4.56. The first-order chi connectivity index (χ1) is 21.3. The van der Waals surface area contributed by atoms with Gasteiger partial charge in [-0.3, -0.25) is 4.79 Å². The van der Waals surface area contributed by atoms with Crippen molar-refractivity contribution in [1.82, 2.24) is 39.5 Å². The Hall–Kier alpha value is -4.76. The maximum absolute atomic E-state index is 13.6. The highest BCUT2D eigenvalue weighted by Gasteiger charge is 2.46. The Labute approximate surface area is 255 Å². The zero-order valence-corrected chi connectivity index (χ0v) is 24.7. The highest BCUT2D eigenvalue weighted by Crippen LogP contribution is 2.41. The first-order valence-electron chi connectivity index (χ1n) is 14.7. The van der Waals surface area contributed by atoms with E-state index in [0.29, 0.717) is 50.6 Å². The number of carboxylic acid groups (broad SMARTS) is 1. The summed E-state index contributed by atoms with van der Waals surface area (Å²) in [4.78, 5) is 40.9. The Bertz CT molecular complexity index is 1820. The van der Waals surface area contributed by atoms with Crippen LogP contribution in [0.5, 0.6) is 0 Å². The lowest BCUT2D eigenvalue weighted by molar-refractivity contribution is -0.141. The van der Waals surface area contributed by atoms with E-state index in [-0.39, 0.29) is 22.8 Å². The standard InChI is InChI=1S/C29H31F3N10O3/c1-18-12-19(38-9-6-27(2,15-38)42-33-13-21(36-42)29(30,31)32)14-41-24(18)35-23(37-41)25(43)40-11-8-28(17-40)7-10-39(16-28)22-5-3-4-20(34-22)26(44)45/h3-5,12-14H,6-11,15-17H2,1-2H3,(H,44,45)/t27?,28-/m1/s1. The van der Waals surface area contributed by atoms with Crippen molar-refractivity contribution >= 4 is 29.0 Å². The number of anilines is 2. The van der Waals surface area contributed by atoms with Gasteiger partial charge in [-0.2, -0.15) is 23.1 Å². The van der Waals surface area contributed by atoms with Crippen LogP contribution < -0.4 is 9.80 Å². The van der Waals surface area contributed by atoms with E-state index < -0.39 is 23.4 Å². The Morgan fingerprint density at radius 2 is 1.76 bits per heavy atom. The average Bonchev–Trinajstić information content (AvgIpc) is 3.83. The second-order valence-electron chi connectivity index (χ2n) is 12.6. The zero-order valence-electron chi connectivity index (χ0n) is 24.7. The lowest BCUT2D eigenvalue weighted by Crippen LogP contribution is -2.36. The van der Waals surface area contributed by atoms with Gasteiger partial charge in [-0.15, -0.1) is 10.2 Å². The molecule has 236 valence electrons. The molecule has 3 aliphatic rings. The largest absolute Gasteiger partial charge is 0.477 e. The van der Waals surface area contributed by atoms with E-state index >= 15 is 0 Å². The molecule has 1 amide bonds. The molecule has 3 aliphatic heterocycles. The van der Waals surface area contributed by atoms with Crippen LogP contribution in [0.4, 0.5) is 24.7 Å². The van der Waals surface area contributed by atoms with Crippen LogP contribution in [0.1, 0.15) is 58.6 Å². The van der Waals surface area contributed by atoms with Gasteiger partial charge in [0.25, 0.3) is 5.91 Å². The van der Waals surface area contributed by atoms with Crippen molar-refractivity contribution in [2.75, 3.05) is 49.1 Å². The number of aryl methyl sites for hydroxylation is 1. The van der Waals surface area contributed by atoms with Crippen LogP contribution in [-0.4, -0.2) is 95.7 Å². The molecule has 0 aromatic carbocycles. The summed E-state index contributed by atoms with van der Waals surface area (Å²) in [5.41, 5.74) is 0.306. The van der Waals surface area contributed by atoms with E-state index in [9.17, 15) is 27.9 Å². The van der Waals surface area contributed by atoms with Gasteiger partial charge in [-0.25, -0.2) is 19.3 Å². The molecular formula is C29H31F3N10O3. The van der Waals surface area contributed by atoms with Gasteiger partial charge >= 0.3 is 12.1 Å². The van der Waals surface area contributed by atoms with E-state index in [2.05, 4.69) is 30.2 Å². The molecule has 1 unspecified atom stereocenters. The fraction of sp³-hybridized carbons (Fsp3) is 0.483. The summed E-state index contributed by atoms with van der Waals surface area (Å²) in [6, 6.07) is 6.90. The van der Waals surface area contributed by atoms with Crippen LogP contribution in [0.15, 0.2) is 36.7 Å². The SMILES string of the molecule is Cc1cc(N2CCC(C)(n3ncc(C(F)(F)F)n3)C2)cn2nc(C(=O)N3CC[C@@]4(CCN(c5cccc(C(=O)O)n5)C4)C3)nc12. The van der Waals surface area contributed by atoms with Crippen LogP contribution in [0, 0.1) is 12.3 Å². The number of amides is 1. The second kappa shape index (κ2) is 10.1. The number of hydrogen-bond donors (Lipinski definition) is 1. The molecular weight excluding hydrogens is 593 g/mol. The number of fused-ring (bicyclic) bond motifs is 1. The lowest BCUT2D eigenvalue weighted by atomic mass is 9.86. The van der Waals surface area contributed by atoms with E-state index in [0.717, 1.165) is 41.6 Å². The fourth-order valence-electron chi connectivity index (χ4n) is 6.81. The number of rotatable bonds is 5.